The SMILES string of the molecule is C[C@@H]1CCC[C@@H](C)N1CCCNC(=O)[C@H]1CCCN(S(=O)(=O)N2CCCCC2)C1. The maximum absolute atomic E-state index is 12.9. The van der Waals surface area contributed by atoms with Crippen LogP contribution in [0, 0.1) is 5.92 Å². The van der Waals surface area contributed by atoms with Crippen molar-refractivity contribution >= 4 is 16.1 Å². The minimum atomic E-state index is -3.42. The molecule has 0 radical (unpaired) electrons. The predicted molar refractivity (Wildman–Crippen MR) is 116 cm³/mol. The molecule has 3 fully saturated rings. The molecule has 1 N–H and O–H groups in total. The van der Waals surface area contributed by atoms with Gasteiger partial charge in [-0.3, -0.25) is 9.69 Å². The maximum atomic E-state index is 12.9. The summed E-state index contributed by atoms with van der Waals surface area (Å²) < 4.78 is 29.0. The zero-order valence-corrected chi connectivity index (χ0v) is 19.1. The Morgan fingerprint density at radius 2 is 1.55 bits per heavy atom. The fraction of sp³-hybridized carbons (Fsp3) is 0.952. The summed E-state index contributed by atoms with van der Waals surface area (Å²) in [7, 11) is -3.42. The molecule has 3 saturated heterocycles. The van der Waals surface area contributed by atoms with Gasteiger partial charge in [0.2, 0.25) is 5.91 Å². The average Bonchev–Trinajstić information content (AvgIpc) is 2.73. The summed E-state index contributed by atoms with van der Waals surface area (Å²) in [6.45, 7) is 8.37. The van der Waals surface area contributed by atoms with E-state index in [0.29, 0.717) is 44.8 Å². The zero-order chi connectivity index (χ0) is 20.9. The molecule has 3 rings (SSSR count). The van der Waals surface area contributed by atoms with Crippen molar-refractivity contribution in [2.45, 2.75) is 83.7 Å². The predicted octanol–water partition coefficient (Wildman–Crippen LogP) is 2.20. The molecule has 168 valence electrons. The Morgan fingerprint density at radius 1 is 0.897 bits per heavy atom. The highest BCUT2D eigenvalue weighted by molar-refractivity contribution is 7.86. The first-order chi connectivity index (χ1) is 13.9. The van der Waals surface area contributed by atoms with Crippen molar-refractivity contribution in [2.24, 2.45) is 5.92 Å². The van der Waals surface area contributed by atoms with Gasteiger partial charge in [-0.1, -0.05) is 12.8 Å². The van der Waals surface area contributed by atoms with E-state index in [1.807, 2.05) is 0 Å². The lowest BCUT2D eigenvalue weighted by Gasteiger charge is -2.39. The number of hydrogen-bond acceptors (Lipinski definition) is 4. The Balaban J connectivity index is 1.43. The molecular formula is C21H40N4O3S. The van der Waals surface area contributed by atoms with Gasteiger partial charge in [-0.15, -0.1) is 0 Å². The topological polar surface area (TPSA) is 73.0 Å². The summed E-state index contributed by atoms with van der Waals surface area (Å²) in [5.41, 5.74) is 0. The summed E-state index contributed by atoms with van der Waals surface area (Å²) in [4.78, 5) is 15.2. The Hall–Kier alpha value is -0.700. The molecule has 0 aromatic rings. The van der Waals surface area contributed by atoms with Crippen molar-refractivity contribution in [1.29, 1.82) is 0 Å². The van der Waals surface area contributed by atoms with Gasteiger partial charge in [0, 0.05) is 51.4 Å². The third-order valence-corrected chi connectivity index (χ3v) is 8.99. The van der Waals surface area contributed by atoms with Crippen molar-refractivity contribution in [2.75, 3.05) is 39.3 Å². The minimum absolute atomic E-state index is 0.0169. The van der Waals surface area contributed by atoms with E-state index in [0.717, 1.165) is 45.1 Å². The number of piperidine rings is 3. The molecule has 3 heterocycles. The van der Waals surface area contributed by atoms with Gasteiger partial charge in [0.15, 0.2) is 0 Å². The third-order valence-electron chi connectivity index (χ3n) is 6.99. The fourth-order valence-electron chi connectivity index (χ4n) is 5.16. The van der Waals surface area contributed by atoms with Crippen LogP contribution < -0.4 is 5.32 Å². The minimum Gasteiger partial charge on any atom is -0.356 e. The van der Waals surface area contributed by atoms with Crippen LogP contribution >= 0.6 is 0 Å². The van der Waals surface area contributed by atoms with Crippen molar-refractivity contribution in [1.82, 2.24) is 18.8 Å². The standard InChI is InChI=1S/C21H40N4O3S/c1-18-9-6-10-19(2)25(18)16-8-12-22-21(26)20-11-7-15-24(17-20)29(27,28)23-13-4-3-5-14-23/h18-20H,3-17H2,1-2H3,(H,22,26)/t18-,19-,20+/m1/s1. The Bertz CT molecular complexity index is 626. The Morgan fingerprint density at radius 3 is 2.24 bits per heavy atom. The first-order valence-electron chi connectivity index (χ1n) is 11.7. The molecule has 29 heavy (non-hydrogen) atoms. The smallest absolute Gasteiger partial charge is 0.281 e. The van der Waals surface area contributed by atoms with E-state index in [2.05, 4.69) is 24.1 Å². The van der Waals surface area contributed by atoms with Crippen LogP contribution in [0.5, 0.6) is 0 Å². The summed E-state index contributed by atoms with van der Waals surface area (Å²) in [5, 5.41) is 3.07. The lowest BCUT2D eigenvalue weighted by Crippen LogP contribution is -2.51. The number of likely N-dealkylation sites (tertiary alicyclic amines) is 1. The van der Waals surface area contributed by atoms with E-state index >= 15 is 0 Å². The van der Waals surface area contributed by atoms with Crippen molar-refractivity contribution in [3.8, 4) is 0 Å². The molecule has 0 aromatic carbocycles. The molecule has 0 unspecified atom stereocenters. The van der Waals surface area contributed by atoms with Gasteiger partial charge in [-0.2, -0.15) is 17.0 Å². The average molecular weight is 429 g/mol. The van der Waals surface area contributed by atoms with Crippen LogP contribution in [-0.2, 0) is 15.0 Å². The summed E-state index contributed by atoms with van der Waals surface area (Å²) in [6, 6.07) is 1.25. The van der Waals surface area contributed by atoms with Gasteiger partial charge in [-0.25, -0.2) is 0 Å². The summed E-state index contributed by atoms with van der Waals surface area (Å²) in [6.07, 6.45) is 9.30. The summed E-state index contributed by atoms with van der Waals surface area (Å²) in [5.74, 6) is -0.209. The van der Waals surface area contributed by atoms with Gasteiger partial charge >= 0.3 is 0 Å². The first kappa shape index (κ1) is 23.0. The quantitative estimate of drug-likeness (QED) is 0.631. The highest BCUT2D eigenvalue weighted by Gasteiger charge is 2.36. The van der Waals surface area contributed by atoms with E-state index < -0.39 is 10.2 Å². The van der Waals surface area contributed by atoms with Crippen molar-refractivity contribution < 1.29 is 13.2 Å². The fourth-order valence-corrected chi connectivity index (χ4v) is 6.93. The van der Waals surface area contributed by atoms with Crippen LogP contribution in [0.15, 0.2) is 0 Å². The molecule has 0 bridgehead atoms. The molecule has 3 aliphatic heterocycles. The highest BCUT2D eigenvalue weighted by atomic mass is 32.2. The number of amides is 1. The second-order valence-corrected chi connectivity index (χ2v) is 11.1. The third kappa shape index (κ3) is 5.93. The zero-order valence-electron chi connectivity index (χ0n) is 18.3. The van der Waals surface area contributed by atoms with E-state index in [-0.39, 0.29) is 11.8 Å². The number of nitrogens with one attached hydrogen (secondary N) is 1. The number of carbonyl (C=O) groups excluding carboxylic acids is 1. The molecule has 0 spiro atoms. The number of hydrogen-bond donors (Lipinski definition) is 1. The van der Waals surface area contributed by atoms with Gasteiger partial charge in [0.05, 0.1) is 5.92 Å². The molecule has 0 aromatic heterocycles. The van der Waals surface area contributed by atoms with Gasteiger partial charge in [0.25, 0.3) is 10.2 Å². The first-order valence-corrected chi connectivity index (χ1v) is 13.1. The van der Waals surface area contributed by atoms with E-state index in [1.54, 1.807) is 8.61 Å². The van der Waals surface area contributed by atoms with Crippen molar-refractivity contribution in [3.05, 3.63) is 0 Å². The van der Waals surface area contributed by atoms with Gasteiger partial charge < -0.3 is 5.32 Å². The lowest BCUT2D eigenvalue weighted by molar-refractivity contribution is -0.126. The van der Waals surface area contributed by atoms with Crippen LogP contribution in [0.3, 0.4) is 0 Å². The van der Waals surface area contributed by atoms with E-state index in [9.17, 15) is 13.2 Å². The second kappa shape index (κ2) is 10.6. The van der Waals surface area contributed by atoms with Gasteiger partial charge in [-0.05, 0) is 58.8 Å². The monoisotopic (exact) mass is 428 g/mol. The van der Waals surface area contributed by atoms with Crippen LogP contribution in [0.4, 0.5) is 0 Å². The van der Waals surface area contributed by atoms with Crippen LogP contribution in [-0.4, -0.2) is 79.2 Å². The highest BCUT2D eigenvalue weighted by Crippen LogP contribution is 2.24. The van der Waals surface area contributed by atoms with Crippen LogP contribution in [0.2, 0.25) is 0 Å². The number of nitrogens with zero attached hydrogens (tertiary/aromatic N) is 3. The van der Waals surface area contributed by atoms with Gasteiger partial charge in [0.1, 0.15) is 0 Å². The van der Waals surface area contributed by atoms with E-state index in [4.69, 9.17) is 0 Å². The molecular weight excluding hydrogens is 388 g/mol. The molecule has 3 aliphatic rings. The second-order valence-electron chi connectivity index (χ2n) is 9.18. The molecule has 7 nitrogen and oxygen atoms in total. The van der Waals surface area contributed by atoms with Crippen LogP contribution in [0.1, 0.15) is 71.6 Å². The van der Waals surface area contributed by atoms with Crippen molar-refractivity contribution in [3.63, 3.8) is 0 Å². The number of carbonyl (C=O) groups is 1. The Kier molecular flexibility index (Phi) is 8.36. The normalized spacial score (nSPS) is 30.9. The largest absolute Gasteiger partial charge is 0.356 e. The molecule has 0 aliphatic carbocycles. The number of rotatable bonds is 7. The maximum Gasteiger partial charge on any atom is 0.281 e. The van der Waals surface area contributed by atoms with E-state index in [1.165, 1.54) is 19.3 Å². The molecule has 3 atom stereocenters. The molecule has 8 heteroatoms. The molecule has 1 amide bonds. The molecule has 0 saturated carbocycles. The Labute approximate surface area is 177 Å². The lowest BCUT2D eigenvalue weighted by atomic mass is 9.97. The summed E-state index contributed by atoms with van der Waals surface area (Å²) >= 11 is 0. The van der Waals surface area contributed by atoms with Crippen LogP contribution in [0.25, 0.3) is 0 Å².